The van der Waals surface area contributed by atoms with E-state index in [0.717, 1.165) is 11.3 Å². The van der Waals surface area contributed by atoms with Crippen molar-refractivity contribution < 1.29 is 23.6 Å². The van der Waals surface area contributed by atoms with Crippen molar-refractivity contribution in [2.24, 2.45) is 17.8 Å². The highest BCUT2D eigenvalue weighted by Gasteiger charge is 2.44. The first-order valence-corrected chi connectivity index (χ1v) is 12.8. The highest BCUT2D eigenvalue weighted by molar-refractivity contribution is 7.46. The fourth-order valence-corrected chi connectivity index (χ4v) is 6.54. The monoisotopic (exact) mass is 432 g/mol. The minimum Gasteiger partial charge on any atom is -0.496 e. The lowest BCUT2D eigenvalue weighted by atomic mass is 9.57. The first-order chi connectivity index (χ1) is 14.4. The summed E-state index contributed by atoms with van der Waals surface area (Å²) in [6.45, 7) is 2.28. The zero-order chi connectivity index (χ0) is 21.3. The number of hydrogen-bond acceptors (Lipinski definition) is 3. The van der Waals surface area contributed by atoms with E-state index < -0.39 is 7.82 Å². The molecule has 0 aromatic heterocycles. The SMILES string of the molecule is CCCC1C2=C(CCCC2)C2CCCC1/C2=C(\OC)c1cccc(OP(=O)(O)O)c1. The molecular formula is C24H33O5P. The maximum absolute atomic E-state index is 11.3. The summed E-state index contributed by atoms with van der Waals surface area (Å²) in [4.78, 5) is 18.4. The molecule has 30 heavy (non-hydrogen) atoms. The number of phosphoric acid groups is 1. The lowest BCUT2D eigenvalue weighted by molar-refractivity contribution is 0.248. The average molecular weight is 432 g/mol. The van der Waals surface area contributed by atoms with Crippen LogP contribution in [0.15, 0.2) is 41.0 Å². The van der Waals surface area contributed by atoms with Gasteiger partial charge in [0.15, 0.2) is 0 Å². The molecule has 4 rings (SSSR count). The highest BCUT2D eigenvalue weighted by atomic mass is 31.2. The van der Waals surface area contributed by atoms with Crippen LogP contribution in [0.1, 0.15) is 70.3 Å². The van der Waals surface area contributed by atoms with Crippen LogP contribution in [0, 0.1) is 17.8 Å². The van der Waals surface area contributed by atoms with Gasteiger partial charge in [-0.15, -0.1) is 0 Å². The Labute approximate surface area is 179 Å². The second kappa shape index (κ2) is 8.90. The van der Waals surface area contributed by atoms with Gasteiger partial charge < -0.3 is 9.26 Å². The summed E-state index contributed by atoms with van der Waals surface area (Å²) in [6, 6.07) is 6.99. The van der Waals surface area contributed by atoms with Gasteiger partial charge in [0.05, 0.1) is 7.11 Å². The van der Waals surface area contributed by atoms with Gasteiger partial charge in [0.2, 0.25) is 0 Å². The van der Waals surface area contributed by atoms with Gasteiger partial charge in [0.1, 0.15) is 11.5 Å². The van der Waals surface area contributed by atoms with Gasteiger partial charge in [0, 0.05) is 11.5 Å². The van der Waals surface area contributed by atoms with Crippen LogP contribution in [0.3, 0.4) is 0 Å². The summed E-state index contributed by atoms with van der Waals surface area (Å²) in [7, 11) is -2.88. The largest absolute Gasteiger partial charge is 0.524 e. The van der Waals surface area contributed by atoms with Gasteiger partial charge in [-0.2, -0.15) is 0 Å². The third kappa shape index (κ3) is 4.26. The van der Waals surface area contributed by atoms with E-state index >= 15 is 0 Å². The van der Waals surface area contributed by atoms with Crippen molar-refractivity contribution in [2.45, 2.75) is 64.7 Å². The fourth-order valence-electron chi connectivity index (χ4n) is 6.15. The smallest absolute Gasteiger partial charge is 0.496 e. The summed E-state index contributed by atoms with van der Waals surface area (Å²) < 4.78 is 22.2. The van der Waals surface area contributed by atoms with Crippen LogP contribution in [0.4, 0.5) is 0 Å². The van der Waals surface area contributed by atoms with E-state index in [9.17, 15) is 14.4 Å². The maximum Gasteiger partial charge on any atom is 0.524 e. The number of ether oxygens (including phenoxy) is 1. The predicted octanol–water partition coefficient (Wildman–Crippen LogP) is 6.23. The van der Waals surface area contributed by atoms with Crippen molar-refractivity contribution in [3.05, 3.63) is 46.5 Å². The molecule has 0 amide bonds. The molecule has 1 aromatic carbocycles. The van der Waals surface area contributed by atoms with Gasteiger partial charge in [-0.1, -0.05) is 43.0 Å². The Bertz CT molecular complexity index is 897. The van der Waals surface area contributed by atoms with Crippen LogP contribution >= 0.6 is 7.82 Å². The topological polar surface area (TPSA) is 76.0 Å². The van der Waals surface area contributed by atoms with E-state index in [4.69, 9.17) is 9.26 Å². The highest BCUT2D eigenvalue weighted by Crippen LogP contribution is 2.56. The summed E-state index contributed by atoms with van der Waals surface area (Å²) in [5.41, 5.74) is 5.67. The minimum absolute atomic E-state index is 0.166. The van der Waals surface area contributed by atoms with Gasteiger partial charge in [-0.3, -0.25) is 9.79 Å². The minimum atomic E-state index is -4.60. The Morgan fingerprint density at radius 3 is 2.60 bits per heavy atom. The van der Waals surface area contributed by atoms with Crippen molar-refractivity contribution in [2.75, 3.05) is 7.11 Å². The summed E-state index contributed by atoms with van der Waals surface area (Å²) in [5, 5.41) is 0. The van der Waals surface area contributed by atoms with Crippen molar-refractivity contribution in [1.82, 2.24) is 0 Å². The van der Waals surface area contributed by atoms with Gasteiger partial charge in [-0.25, -0.2) is 4.57 Å². The number of fused-ring (bicyclic) bond motifs is 3. The Hall–Kier alpha value is -1.55. The molecule has 0 radical (unpaired) electrons. The van der Waals surface area contributed by atoms with Crippen LogP contribution in [-0.2, 0) is 9.30 Å². The molecule has 3 atom stereocenters. The Morgan fingerprint density at radius 1 is 1.13 bits per heavy atom. The van der Waals surface area contributed by atoms with E-state index in [2.05, 4.69) is 6.92 Å². The second-order valence-electron chi connectivity index (χ2n) is 8.84. The Balaban J connectivity index is 1.83. The molecule has 0 heterocycles. The zero-order valence-electron chi connectivity index (χ0n) is 18.0. The Kier molecular flexibility index (Phi) is 6.43. The number of hydrogen-bond donors (Lipinski definition) is 2. The molecule has 3 unspecified atom stereocenters. The standard InChI is InChI=1S/C24H33O5P/c1-3-8-18-19-11-4-5-12-20(19)22-14-7-13-21(18)23(22)24(28-2)16-9-6-10-17(15-16)29-30(25,26)27/h6,9-10,15,18,21-22H,3-5,7-8,11-14H2,1-2H3,(H2,25,26,27)/b24-23+. The van der Waals surface area contributed by atoms with E-state index in [-0.39, 0.29) is 5.75 Å². The molecule has 1 saturated carbocycles. The molecule has 3 aliphatic rings. The number of allylic oxidation sites excluding steroid dienone is 3. The molecule has 0 saturated heterocycles. The van der Waals surface area contributed by atoms with Crippen molar-refractivity contribution in [3.8, 4) is 5.75 Å². The predicted molar refractivity (Wildman–Crippen MR) is 118 cm³/mol. The van der Waals surface area contributed by atoms with Crippen molar-refractivity contribution >= 4 is 13.6 Å². The summed E-state index contributed by atoms with van der Waals surface area (Å²) in [5.74, 6) is 2.60. The van der Waals surface area contributed by atoms with Gasteiger partial charge >= 0.3 is 7.82 Å². The van der Waals surface area contributed by atoms with Crippen LogP contribution < -0.4 is 4.52 Å². The van der Waals surface area contributed by atoms with Crippen LogP contribution in [-0.4, -0.2) is 16.9 Å². The van der Waals surface area contributed by atoms with E-state index in [1.165, 1.54) is 63.4 Å². The molecule has 164 valence electrons. The van der Waals surface area contributed by atoms with Crippen LogP contribution in [0.2, 0.25) is 0 Å². The quantitative estimate of drug-likeness (QED) is 0.316. The third-order valence-corrected chi connectivity index (χ3v) is 7.53. The molecule has 6 heteroatoms. The zero-order valence-corrected chi connectivity index (χ0v) is 18.9. The molecule has 1 aromatic rings. The number of methoxy groups -OCH3 is 1. The average Bonchev–Trinajstić information content (AvgIpc) is 2.71. The fraction of sp³-hybridized carbons (Fsp3) is 0.583. The molecule has 2 bridgehead atoms. The van der Waals surface area contributed by atoms with Gasteiger partial charge in [0.25, 0.3) is 0 Å². The van der Waals surface area contributed by atoms with E-state index in [1.54, 1.807) is 36.5 Å². The molecule has 1 fully saturated rings. The number of benzene rings is 1. The van der Waals surface area contributed by atoms with E-state index in [0.29, 0.717) is 17.8 Å². The lowest BCUT2D eigenvalue weighted by Gasteiger charge is -2.48. The molecular weight excluding hydrogens is 399 g/mol. The lowest BCUT2D eigenvalue weighted by Crippen LogP contribution is -2.36. The normalized spacial score (nSPS) is 28.1. The summed E-state index contributed by atoms with van der Waals surface area (Å²) >= 11 is 0. The molecule has 5 nitrogen and oxygen atoms in total. The van der Waals surface area contributed by atoms with Crippen molar-refractivity contribution in [1.29, 1.82) is 0 Å². The van der Waals surface area contributed by atoms with E-state index in [1.807, 2.05) is 6.07 Å². The summed E-state index contributed by atoms with van der Waals surface area (Å²) in [6.07, 6.45) is 11.1. The molecule has 3 aliphatic carbocycles. The van der Waals surface area contributed by atoms with Gasteiger partial charge in [-0.05, 0) is 74.5 Å². The second-order valence-corrected chi connectivity index (χ2v) is 10.0. The molecule has 2 N–H and O–H groups in total. The molecule has 0 aliphatic heterocycles. The first kappa shape index (κ1) is 21.7. The number of rotatable bonds is 6. The molecule has 0 spiro atoms. The van der Waals surface area contributed by atoms with Crippen molar-refractivity contribution in [3.63, 3.8) is 0 Å². The number of phosphoric ester groups is 1. The maximum atomic E-state index is 11.3. The third-order valence-electron chi connectivity index (χ3n) is 7.08. The first-order valence-electron chi connectivity index (χ1n) is 11.3. The van der Waals surface area contributed by atoms with Crippen LogP contribution in [0.25, 0.3) is 5.76 Å². The Morgan fingerprint density at radius 2 is 1.90 bits per heavy atom. The van der Waals surface area contributed by atoms with Crippen LogP contribution in [0.5, 0.6) is 5.75 Å².